The quantitative estimate of drug-likeness (QED) is 0.690. The average Bonchev–Trinajstić information content (AvgIpc) is 2.38. The van der Waals surface area contributed by atoms with Crippen molar-refractivity contribution in [1.82, 2.24) is 0 Å². The molecule has 20 heavy (non-hydrogen) atoms. The summed E-state index contributed by atoms with van der Waals surface area (Å²) in [6.07, 6.45) is 1.15. The number of rotatable bonds is 4. The molecule has 1 aromatic rings. The number of amides is 1. The van der Waals surface area contributed by atoms with Crippen molar-refractivity contribution in [3.63, 3.8) is 0 Å². The Morgan fingerprint density at radius 1 is 1.45 bits per heavy atom. The summed E-state index contributed by atoms with van der Waals surface area (Å²) in [5.41, 5.74) is 11.9. The minimum atomic E-state index is -0.813. The van der Waals surface area contributed by atoms with Crippen molar-refractivity contribution >= 4 is 17.3 Å². The molecule has 0 aromatic heterocycles. The van der Waals surface area contributed by atoms with Crippen LogP contribution in [0.15, 0.2) is 18.2 Å². The number of benzene rings is 1. The van der Waals surface area contributed by atoms with Crippen molar-refractivity contribution in [1.29, 1.82) is 0 Å². The zero-order chi connectivity index (χ0) is 14.8. The Balaban J connectivity index is 2.21. The van der Waals surface area contributed by atoms with Crippen molar-refractivity contribution in [3.05, 3.63) is 23.8 Å². The van der Waals surface area contributed by atoms with Crippen LogP contribution in [0.1, 0.15) is 23.2 Å². The highest BCUT2D eigenvalue weighted by molar-refractivity contribution is 5.99. The fourth-order valence-corrected chi connectivity index (χ4v) is 2.51. The second-order valence-corrected chi connectivity index (χ2v) is 5.33. The number of primary amides is 1. The van der Waals surface area contributed by atoms with Gasteiger partial charge in [0, 0.05) is 45.3 Å². The maximum Gasteiger partial charge on any atom is 0.250 e. The number of likely N-dealkylation sites (N-methyl/N-ethyl adjacent to an activating group) is 1. The van der Waals surface area contributed by atoms with Crippen LogP contribution >= 0.6 is 0 Å². The van der Waals surface area contributed by atoms with Gasteiger partial charge in [-0.25, -0.2) is 0 Å². The number of anilines is 2. The van der Waals surface area contributed by atoms with Gasteiger partial charge in [0.2, 0.25) is 0 Å². The van der Waals surface area contributed by atoms with Crippen LogP contribution in [0.4, 0.5) is 11.4 Å². The summed E-state index contributed by atoms with van der Waals surface area (Å²) in [5, 5.41) is 10.5. The first-order valence-electron chi connectivity index (χ1n) is 6.62. The SMILES string of the molecule is CN(CC1(O)CCOCC1)c1cc(N)ccc1C(N)=O. The van der Waals surface area contributed by atoms with Crippen molar-refractivity contribution in [3.8, 4) is 0 Å². The van der Waals surface area contributed by atoms with Gasteiger partial charge in [-0.3, -0.25) is 4.79 Å². The van der Waals surface area contributed by atoms with E-state index in [9.17, 15) is 9.90 Å². The number of aliphatic hydroxyl groups is 1. The fourth-order valence-electron chi connectivity index (χ4n) is 2.51. The number of carbonyl (C=O) groups excluding carboxylic acids is 1. The number of hydrogen-bond donors (Lipinski definition) is 3. The molecular formula is C14H21N3O3. The lowest BCUT2D eigenvalue weighted by Crippen LogP contribution is -2.46. The second-order valence-electron chi connectivity index (χ2n) is 5.33. The molecule has 6 nitrogen and oxygen atoms in total. The molecule has 0 aliphatic carbocycles. The van der Waals surface area contributed by atoms with E-state index in [1.165, 1.54) is 0 Å². The Labute approximate surface area is 118 Å². The van der Waals surface area contributed by atoms with Crippen LogP contribution in [0, 0.1) is 0 Å². The van der Waals surface area contributed by atoms with Gasteiger partial charge < -0.3 is 26.2 Å². The molecule has 1 amide bonds. The molecular weight excluding hydrogens is 258 g/mol. The highest BCUT2D eigenvalue weighted by Crippen LogP contribution is 2.27. The van der Waals surface area contributed by atoms with Gasteiger partial charge in [-0.05, 0) is 18.2 Å². The van der Waals surface area contributed by atoms with Crippen LogP contribution < -0.4 is 16.4 Å². The Bertz CT molecular complexity index is 498. The van der Waals surface area contributed by atoms with Crippen LogP contribution in [0.3, 0.4) is 0 Å². The van der Waals surface area contributed by atoms with E-state index < -0.39 is 11.5 Å². The minimum Gasteiger partial charge on any atom is -0.399 e. The largest absolute Gasteiger partial charge is 0.399 e. The molecule has 1 saturated heterocycles. The molecule has 1 aliphatic rings. The number of nitrogens with zero attached hydrogens (tertiary/aromatic N) is 1. The summed E-state index contributed by atoms with van der Waals surface area (Å²) in [6.45, 7) is 1.49. The molecule has 0 bridgehead atoms. The number of nitrogens with two attached hydrogens (primary N) is 2. The molecule has 1 heterocycles. The van der Waals surface area contributed by atoms with Gasteiger partial charge >= 0.3 is 0 Å². The highest BCUT2D eigenvalue weighted by Gasteiger charge is 2.31. The predicted molar refractivity (Wildman–Crippen MR) is 77.6 cm³/mol. The van der Waals surface area contributed by atoms with E-state index in [0.29, 0.717) is 49.5 Å². The standard InChI is InChI=1S/C14H21N3O3/c1-17(9-14(19)4-6-20-7-5-14)12-8-10(15)2-3-11(12)13(16)18/h2-3,8,19H,4-7,9,15H2,1H3,(H2,16,18). The molecule has 1 aliphatic heterocycles. The summed E-state index contributed by atoms with van der Waals surface area (Å²) in [6, 6.07) is 4.95. The predicted octanol–water partition coefficient (Wildman–Crippen LogP) is 0.345. The Hall–Kier alpha value is -1.79. The summed E-state index contributed by atoms with van der Waals surface area (Å²) < 4.78 is 5.26. The first kappa shape index (κ1) is 14.6. The third-order valence-corrected chi connectivity index (χ3v) is 3.65. The first-order chi connectivity index (χ1) is 9.41. The second kappa shape index (κ2) is 5.68. The Morgan fingerprint density at radius 2 is 2.10 bits per heavy atom. The fraction of sp³-hybridized carbons (Fsp3) is 0.500. The molecule has 1 fully saturated rings. The molecule has 110 valence electrons. The van der Waals surface area contributed by atoms with Gasteiger partial charge in [0.15, 0.2) is 0 Å². The van der Waals surface area contributed by atoms with E-state index in [1.807, 2.05) is 11.9 Å². The normalized spacial score (nSPS) is 17.7. The Morgan fingerprint density at radius 3 is 2.70 bits per heavy atom. The van der Waals surface area contributed by atoms with Gasteiger partial charge in [-0.15, -0.1) is 0 Å². The summed E-state index contributed by atoms with van der Waals surface area (Å²) in [5.74, 6) is -0.509. The molecule has 1 aromatic carbocycles. The van der Waals surface area contributed by atoms with Crippen LogP contribution in [0.2, 0.25) is 0 Å². The third kappa shape index (κ3) is 3.20. The summed E-state index contributed by atoms with van der Waals surface area (Å²) >= 11 is 0. The van der Waals surface area contributed by atoms with E-state index in [2.05, 4.69) is 0 Å². The van der Waals surface area contributed by atoms with Crippen molar-refractivity contribution < 1.29 is 14.6 Å². The smallest absolute Gasteiger partial charge is 0.250 e. The van der Waals surface area contributed by atoms with Gasteiger partial charge in [0.1, 0.15) is 0 Å². The van der Waals surface area contributed by atoms with Crippen molar-refractivity contribution in [2.45, 2.75) is 18.4 Å². The molecule has 6 heteroatoms. The van der Waals surface area contributed by atoms with E-state index in [4.69, 9.17) is 16.2 Å². The highest BCUT2D eigenvalue weighted by atomic mass is 16.5. The molecule has 0 radical (unpaired) electrons. The van der Waals surface area contributed by atoms with Crippen LogP contribution in [-0.4, -0.2) is 43.4 Å². The average molecular weight is 279 g/mol. The van der Waals surface area contributed by atoms with Crippen molar-refractivity contribution in [2.24, 2.45) is 5.73 Å². The maximum absolute atomic E-state index is 11.5. The Kier molecular flexibility index (Phi) is 4.15. The first-order valence-corrected chi connectivity index (χ1v) is 6.62. The molecule has 2 rings (SSSR count). The molecule has 0 saturated carbocycles. The minimum absolute atomic E-state index is 0.400. The van der Waals surface area contributed by atoms with Crippen molar-refractivity contribution in [2.75, 3.05) is 37.4 Å². The topological polar surface area (TPSA) is 102 Å². The number of carbonyl (C=O) groups is 1. The van der Waals surface area contributed by atoms with E-state index in [-0.39, 0.29) is 0 Å². The summed E-state index contributed by atoms with van der Waals surface area (Å²) in [4.78, 5) is 13.3. The zero-order valence-corrected chi connectivity index (χ0v) is 11.6. The number of nitrogen functional groups attached to an aromatic ring is 1. The van der Waals surface area contributed by atoms with E-state index >= 15 is 0 Å². The zero-order valence-electron chi connectivity index (χ0n) is 11.6. The lowest BCUT2D eigenvalue weighted by Gasteiger charge is -2.36. The van der Waals surface area contributed by atoms with E-state index in [0.717, 1.165) is 0 Å². The van der Waals surface area contributed by atoms with Crippen LogP contribution in [0.5, 0.6) is 0 Å². The van der Waals surface area contributed by atoms with Crippen LogP contribution in [0.25, 0.3) is 0 Å². The lowest BCUT2D eigenvalue weighted by atomic mass is 9.93. The van der Waals surface area contributed by atoms with Gasteiger partial charge in [0.05, 0.1) is 16.9 Å². The maximum atomic E-state index is 11.5. The van der Waals surface area contributed by atoms with Gasteiger partial charge in [-0.2, -0.15) is 0 Å². The molecule has 0 spiro atoms. The van der Waals surface area contributed by atoms with E-state index in [1.54, 1.807) is 18.2 Å². The lowest BCUT2D eigenvalue weighted by molar-refractivity contribution is -0.0572. The molecule has 5 N–H and O–H groups in total. The van der Waals surface area contributed by atoms with Gasteiger partial charge in [0.25, 0.3) is 5.91 Å². The van der Waals surface area contributed by atoms with Crippen LogP contribution in [-0.2, 0) is 4.74 Å². The number of hydrogen-bond acceptors (Lipinski definition) is 5. The monoisotopic (exact) mass is 279 g/mol. The molecule has 0 atom stereocenters. The third-order valence-electron chi connectivity index (χ3n) is 3.65. The molecule has 0 unspecified atom stereocenters. The number of ether oxygens (including phenoxy) is 1. The van der Waals surface area contributed by atoms with Gasteiger partial charge in [-0.1, -0.05) is 0 Å². The summed E-state index contributed by atoms with van der Waals surface area (Å²) in [7, 11) is 1.81.